The largest absolute Gasteiger partial charge is 0.394 e. The van der Waals surface area contributed by atoms with Crippen LogP contribution in [0.25, 0.3) is 0 Å². The monoisotopic (exact) mass is 784 g/mol. The lowest BCUT2D eigenvalue weighted by molar-refractivity contribution is -0.339. The molecular formula is C41H68O14. The first-order valence-electron chi connectivity index (χ1n) is 20.9. The molecular weight excluding hydrogens is 716 g/mol. The molecule has 14 nitrogen and oxygen atoms in total. The number of fused-ring (bicyclic) bond motifs is 2. The highest BCUT2D eigenvalue weighted by molar-refractivity contribution is 5.33. The molecule has 0 amide bonds. The summed E-state index contributed by atoms with van der Waals surface area (Å²) < 4.78 is 31.9. The molecule has 5 saturated carbocycles. The Kier molecular flexibility index (Phi) is 9.90. The van der Waals surface area contributed by atoms with Crippen LogP contribution in [0.1, 0.15) is 106 Å². The molecule has 8 aliphatic rings. The molecule has 2 spiro atoms. The van der Waals surface area contributed by atoms with E-state index in [-0.39, 0.29) is 52.1 Å². The van der Waals surface area contributed by atoms with Crippen LogP contribution >= 0.6 is 0 Å². The minimum Gasteiger partial charge on any atom is -0.394 e. The molecule has 5 aliphatic carbocycles. The van der Waals surface area contributed by atoms with Crippen molar-refractivity contribution in [2.24, 2.45) is 44.8 Å². The van der Waals surface area contributed by atoms with Gasteiger partial charge in [0.05, 0.1) is 48.8 Å². The molecule has 0 aromatic heterocycles. The highest BCUT2D eigenvalue weighted by atomic mass is 16.7. The normalized spacial score (nSPS) is 58.7. The lowest BCUT2D eigenvalue weighted by Gasteiger charge is -2.65. The number of hydrogen-bond donors (Lipinski definition) is 9. The summed E-state index contributed by atoms with van der Waals surface area (Å²) in [5.74, 6) is -0.215. The summed E-state index contributed by atoms with van der Waals surface area (Å²) in [6, 6.07) is 0. The van der Waals surface area contributed by atoms with E-state index in [1.165, 1.54) is 0 Å². The zero-order valence-electron chi connectivity index (χ0n) is 33.6. The van der Waals surface area contributed by atoms with Gasteiger partial charge in [0.1, 0.15) is 42.7 Å². The molecule has 0 aromatic carbocycles. The van der Waals surface area contributed by atoms with E-state index in [1.807, 2.05) is 0 Å². The van der Waals surface area contributed by atoms with Crippen molar-refractivity contribution in [2.75, 3.05) is 13.2 Å². The molecule has 316 valence electrons. The zero-order chi connectivity index (χ0) is 40.1. The van der Waals surface area contributed by atoms with E-state index < -0.39 is 96.8 Å². The fourth-order valence-electron chi connectivity index (χ4n) is 14.9. The Hall–Kier alpha value is -0.560. The van der Waals surface area contributed by atoms with Crippen molar-refractivity contribution >= 4 is 0 Å². The Balaban J connectivity index is 1.15. The first-order valence-corrected chi connectivity index (χ1v) is 20.9. The maximum Gasteiger partial charge on any atom is 0.186 e. The van der Waals surface area contributed by atoms with Gasteiger partial charge in [-0.1, -0.05) is 27.7 Å². The lowest BCUT2D eigenvalue weighted by atomic mass is 9.41. The Morgan fingerprint density at radius 3 is 2.05 bits per heavy atom. The Morgan fingerprint density at radius 1 is 0.709 bits per heavy atom. The molecule has 8 rings (SSSR count). The quantitative estimate of drug-likeness (QED) is 0.162. The first-order chi connectivity index (χ1) is 25.5. The molecule has 14 heteroatoms. The average molecular weight is 785 g/mol. The maximum atomic E-state index is 12.2. The summed E-state index contributed by atoms with van der Waals surface area (Å²) in [5, 5.41) is 97.2. The van der Waals surface area contributed by atoms with Gasteiger partial charge in [-0.3, -0.25) is 0 Å². The third-order valence-corrected chi connectivity index (χ3v) is 17.6. The number of rotatable bonds is 7. The highest BCUT2D eigenvalue weighted by Crippen LogP contribution is 2.89. The molecule has 3 saturated heterocycles. The molecule has 3 aliphatic heterocycles. The van der Waals surface area contributed by atoms with E-state index in [0.717, 1.165) is 32.1 Å². The van der Waals surface area contributed by atoms with Gasteiger partial charge in [0.25, 0.3) is 0 Å². The molecule has 9 N–H and O–H groups in total. The Morgan fingerprint density at radius 2 is 1.40 bits per heavy atom. The maximum absolute atomic E-state index is 12.2. The summed E-state index contributed by atoms with van der Waals surface area (Å²) in [6.45, 7) is 13.8. The Labute approximate surface area is 324 Å². The van der Waals surface area contributed by atoms with Crippen molar-refractivity contribution < 1.29 is 69.6 Å². The van der Waals surface area contributed by atoms with Crippen molar-refractivity contribution in [1.29, 1.82) is 0 Å². The van der Waals surface area contributed by atoms with Crippen molar-refractivity contribution in [3.8, 4) is 0 Å². The van der Waals surface area contributed by atoms with Crippen LogP contribution in [0.2, 0.25) is 0 Å². The molecule has 21 atom stereocenters. The lowest BCUT2D eigenvalue weighted by Crippen LogP contribution is -2.65. The van der Waals surface area contributed by atoms with Crippen molar-refractivity contribution in [3.05, 3.63) is 0 Å². The standard InChI is InChI=1S/C41H68O14/c1-35(2)24(54-33-29(48)26(45)20(44)17-51-33)9-11-41-18-40(41)13-12-37(5)31(39(7)10-8-25(55-39)36(3,4)50)19(43)15-38(37,6)23(40)14-21(32(35)41)52-34-30(49)28(47)27(46)22(16-42)53-34/h19-34,42-50H,8-18H2,1-7H3/t19-,20+,21-,22?,23-,24-,25-,26-,27?,28-,29?,30?,31-,32-,33-,34?,37+,38-,39+,40-,41+/m0/s1. The van der Waals surface area contributed by atoms with Crippen LogP contribution in [0.15, 0.2) is 0 Å². The van der Waals surface area contributed by atoms with Gasteiger partial charge < -0.3 is 69.6 Å². The summed E-state index contributed by atoms with van der Waals surface area (Å²) in [7, 11) is 0. The van der Waals surface area contributed by atoms with Gasteiger partial charge in [-0.2, -0.15) is 0 Å². The molecule has 3 heterocycles. The summed E-state index contributed by atoms with van der Waals surface area (Å²) >= 11 is 0. The van der Waals surface area contributed by atoms with E-state index in [2.05, 4.69) is 34.6 Å². The van der Waals surface area contributed by atoms with Gasteiger partial charge in [0.15, 0.2) is 12.6 Å². The summed E-state index contributed by atoms with van der Waals surface area (Å²) in [5.41, 5.74) is -3.16. The average Bonchev–Trinajstić information content (AvgIpc) is 3.47. The SMILES string of the molecule is CC(C)(O)[C@@H]1CC[C@](C)([C@H]2[C@@H](O)C[C@@]3(C)[C@@H]4C[C@H](OC5OC(CO)C(O)[C@H](O)C5O)[C@H]5C(C)(C)[C@@H](O[C@@H]6OC[C@@H](O)[C@H](O)C6O)CC[C@@]56C[C@@]46CC[C@]23C)O1. The van der Waals surface area contributed by atoms with Crippen LogP contribution in [-0.2, 0) is 23.7 Å². The van der Waals surface area contributed by atoms with Crippen LogP contribution in [0.3, 0.4) is 0 Å². The number of aliphatic hydroxyl groups is 9. The van der Waals surface area contributed by atoms with E-state index in [1.54, 1.807) is 13.8 Å². The van der Waals surface area contributed by atoms with Crippen LogP contribution in [-0.4, -0.2) is 150 Å². The summed E-state index contributed by atoms with van der Waals surface area (Å²) in [4.78, 5) is 0. The fourth-order valence-corrected chi connectivity index (χ4v) is 14.9. The minimum atomic E-state index is -1.60. The molecule has 0 bridgehead atoms. The van der Waals surface area contributed by atoms with Gasteiger partial charge >= 0.3 is 0 Å². The van der Waals surface area contributed by atoms with E-state index in [0.29, 0.717) is 25.7 Å². The van der Waals surface area contributed by atoms with E-state index >= 15 is 0 Å². The van der Waals surface area contributed by atoms with Gasteiger partial charge in [0.2, 0.25) is 0 Å². The van der Waals surface area contributed by atoms with Gasteiger partial charge in [0, 0.05) is 5.92 Å². The van der Waals surface area contributed by atoms with Crippen molar-refractivity contribution in [3.63, 3.8) is 0 Å². The van der Waals surface area contributed by atoms with Crippen molar-refractivity contribution in [2.45, 2.75) is 197 Å². The fraction of sp³-hybridized carbons (Fsp3) is 1.00. The minimum absolute atomic E-state index is 0.0633. The van der Waals surface area contributed by atoms with Gasteiger partial charge in [-0.25, -0.2) is 0 Å². The molecule has 0 radical (unpaired) electrons. The van der Waals surface area contributed by atoms with Gasteiger partial charge in [-0.05, 0) is 117 Å². The molecule has 8 fully saturated rings. The van der Waals surface area contributed by atoms with Crippen molar-refractivity contribution in [1.82, 2.24) is 0 Å². The zero-order valence-corrected chi connectivity index (χ0v) is 33.6. The van der Waals surface area contributed by atoms with Crippen LogP contribution < -0.4 is 0 Å². The second-order valence-corrected chi connectivity index (χ2v) is 21.1. The third-order valence-electron chi connectivity index (χ3n) is 17.6. The molecule has 55 heavy (non-hydrogen) atoms. The van der Waals surface area contributed by atoms with Crippen LogP contribution in [0.4, 0.5) is 0 Å². The third kappa shape index (κ3) is 5.70. The van der Waals surface area contributed by atoms with E-state index in [4.69, 9.17) is 23.7 Å². The smallest absolute Gasteiger partial charge is 0.186 e. The summed E-state index contributed by atoms with van der Waals surface area (Å²) in [6.07, 6.45) is -7.48. The van der Waals surface area contributed by atoms with Crippen LogP contribution in [0.5, 0.6) is 0 Å². The number of hydrogen-bond acceptors (Lipinski definition) is 14. The van der Waals surface area contributed by atoms with Crippen LogP contribution in [0, 0.1) is 44.8 Å². The topological polar surface area (TPSA) is 228 Å². The molecule has 5 unspecified atom stereocenters. The Bertz CT molecular complexity index is 1460. The molecule has 0 aromatic rings. The first kappa shape index (κ1) is 41.2. The predicted molar refractivity (Wildman–Crippen MR) is 194 cm³/mol. The second-order valence-electron chi connectivity index (χ2n) is 21.1. The second kappa shape index (κ2) is 13.2. The highest BCUT2D eigenvalue weighted by Gasteiger charge is 2.85. The number of ether oxygens (including phenoxy) is 5. The predicted octanol–water partition coefficient (Wildman–Crippen LogP) is 0.724. The number of aliphatic hydroxyl groups excluding tert-OH is 8. The van der Waals surface area contributed by atoms with Gasteiger partial charge in [-0.15, -0.1) is 0 Å². The van der Waals surface area contributed by atoms with E-state index in [9.17, 15) is 46.0 Å².